The van der Waals surface area contributed by atoms with Crippen LogP contribution in [0.4, 0.5) is 0 Å². The highest BCUT2D eigenvalue weighted by atomic mass is 16.5. The molecule has 1 unspecified atom stereocenters. The number of ether oxygens (including phenoxy) is 1. The summed E-state index contributed by atoms with van der Waals surface area (Å²) in [6, 6.07) is 17.6. The van der Waals surface area contributed by atoms with Gasteiger partial charge in [0.15, 0.2) is 6.10 Å². The van der Waals surface area contributed by atoms with Gasteiger partial charge in [-0.1, -0.05) is 60.7 Å². The second-order valence-electron chi connectivity index (χ2n) is 3.72. The Bertz CT molecular complexity index is 520. The van der Waals surface area contributed by atoms with E-state index in [1.54, 1.807) is 48.5 Å². The summed E-state index contributed by atoms with van der Waals surface area (Å²) in [5.41, 5.74) is 1.14. The number of rotatable bonds is 5. The Balaban J connectivity index is 2.32. The molecular formula is C15H11O3. The van der Waals surface area contributed by atoms with Crippen molar-refractivity contribution in [3.05, 3.63) is 71.8 Å². The minimum Gasteiger partial charge on any atom is -0.441 e. The normalized spacial score (nSPS) is 11.6. The van der Waals surface area contributed by atoms with Crippen molar-refractivity contribution in [1.82, 2.24) is 0 Å². The molecule has 2 aromatic carbocycles. The highest BCUT2D eigenvalue weighted by Gasteiger charge is 2.23. The van der Waals surface area contributed by atoms with Gasteiger partial charge in [-0.15, -0.1) is 0 Å². The Morgan fingerprint density at radius 1 is 0.944 bits per heavy atom. The fourth-order valence-electron chi connectivity index (χ4n) is 1.70. The quantitative estimate of drug-likeness (QED) is 0.753. The van der Waals surface area contributed by atoms with Crippen molar-refractivity contribution in [3.8, 4) is 0 Å². The van der Waals surface area contributed by atoms with E-state index in [2.05, 4.69) is 0 Å². The summed E-state index contributed by atoms with van der Waals surface area (Å²) in [5.74, 6) is -0.259. The zero-order valence-electron chi connectivity index (χ0n) is 9.58. The molecule has 0 amide bonds. The van der Waals surface area contributed by atoms with Crippen LogP contribution in [0.15, 0.2) is 60.7 Å². The van der Waals surface area contributed by atoms with E-state index in [1.807, 2.05) is 12.1 Å². The van der Waals surface area contributed by atoms with Gasteiger partial charge in [0.05, 0.1) is 0 Å². The molecular weight excluding hydrogens is 228 g/mol. The number of ketones is 1. The molecule has 0 aliphatic carbocycles. The van der Waals surface area contributed by atoms with Gasteiger partial charge in [0.2, 0.25) is 5.78 Å². The molecule has 0 bridgehead atoms. The molecule has 0 N–H and O–H groups in total. The Hall–Kier alpha value is -2.42. The van der Waals surface area contributed by atoms with E-state index >= 15 is 0 Å². The van der Waals surface area contributed by atoms with Gasteiger partial charge >= 0.3 is 6.47 Å². The van der Waals surface area contributed by atoms with E-state index < -0.39 is 6.10 Å². The Morgan fingerprint density at radius 3 is 2.06 bits per heavy atom. The number of carbonyl (C=O) groups excluding carboxylic acids is 2. The van der Waals surface area contributed by atoms with Crippen molar-refractivity contribution in [2.24, 2.45) is 0 Å². The molecule has 2 aromatic rings. The maximum atomic E-state index is 12.2. The lowest BCUT2D eigenvalue weighted by atomic mass is 10.00. The number of Topliss-reactive ketones (excluding diaryl/α,β-unsaturated/α-hetero) is 1. The molecule has 0 aliphatic rings. The summed E-state index contributed by atoms with van der Waals surface area (Å²) in [4.78, 5) is 22.7. The molecule has 3 nitrogen and oxygen atoms in total. The molecule has 0 aliphatic heterocycles. The van der Waals surface area contributed by atoms with Gasteiger partial charge in [0, 0.05) is 11.1 Å². The highest BCUT2D eigenvalue weighted by molar-refractivity contribution is 6.00. The first-order valence-electron chi connectivity index (χ1n) is 5.50. The lowest BCUT2D eigenvalue weighted by Crippen LogP contribution is -2.15. The summed E-state index contributed by atoms with van der Waals surface area (Å²) in [7, 11) is 0. The summed E-state index contributed by atoms with van der Waals surface area (Å²) in [6.07, 6.45) is -0.939. The second-order valence-corrected chi connectivity index (χ2v) is 3.72. The van der Waals surface area contributed by atoms with E-state index in [1.165, 1.54) is 6.47 Å². The molecule has 0 fully saturated rings. The predicted molar refractivity (Wildman–Crippen MR) is 66.7 cm³/mol. The fraction of sp³-hybridized carbons (Fsp3) is 0.0667. The average Bonchev–Trinajstić information content (AvgIpc) is 2.46. The molecule has 0 saturated heterocycles. The molecule has 89 valence electrons. The SMILES string of the molecule is O=[C]OC(C(=O)c1ccccc1)c1ccccc1. The van der Waals surface area contributed by atoms with Crippen LogP contribution in [-0.2, 0) is 9.53 Å². The maximum absolute atomic E-state index is 12.2. The predicted octanol–water partition coefficient (Wildman–Crippen LogP) is 2.69. The molecule has 0 heterocycles. The van der Waals surface area contributed by atoms with Crippen LogP contribution in [0.5, 0.6) is 0 Å². The van der Waals surface area contributed by atoms with Crippen LogP contribution in [-0.4, -0.2) is 12.3 Å². The number of benzene rings is 2. The van der Waals surface area contributed by atoms with Gasteiger partial charge in [-0.3, -0.25) is 4.79 Å². The van der Waals surface area contributed by atoms with Crippen LogP contribution in [0, 0.1) is 0 Å². The van der Waals surface area contributed by atoms with Crippen molar-refractivity contribution in [3.63, 3.8) is 0 Å². The third-order valence-electron chi connectivity index (χ3n) is 2.56. The fourth-order valence-corrected chi connectivity index (χ4v) is 1.70. The second kappa shape index (κ2) is 5.77. The van der Waals surface area contributed by atoms with E-state index in [0.717, 1.165) is 0 Å². The summed E-state index contributed by atoms with van der Waals surface area (Å²) >= 11 is 0. The van der Waals surface area contributed by atoms with Crippen molar-refractivity contribution in [2.45, 2.75) is 6.10 Å². The minimum absolute atomic E-state index is 0.259. The van der Waals surface area contributed by atoms with Crippen molar-refractivity contribution in [2.75, 3.05) is 0 Å². The van der Waals surface area contributed by atoms with Crippen LogP contribution < -0.4 is 0 Å². The maximum Gasteiger partial charge on any atom is 0.418 e. The summed E-state index contributed by atoms with van der Waals surface area (Å²) < 4.78 is 4.79. The van der Waals surface area contributed by atoms with Gasteiger partial charge in [-0.05, 0) is 0 Å². The molecule has 0 saturated carbocycles. The van der Waals surface area contributed by atoms with Crippen molar-refractivity contribution < 1.29 is 14.3 Å². The average molecular weight is 239 g/mol. The Kier molecular flexibility index (Phi) is 3.86. The van der Waals surface area contributed by atoms with Gasteiger partial charge in [0.1, 0.15) is 0 Å². The number of hydrogen-bond donors (Lipinski definition) is 0. The van der Waals surface area contributed by atoms with Crippen LogP contribution in [0.25, 0.3) is 0 Å². The molecule has 2 rings (SSSR count). The lowest BCUT2D eigenvalue weighted by molar-refractivity contribution is 0.0763. The zero-order valence-corrected chi connectivity index (χ0v) is 9.58. The molecule has 1 radical (unpaired) electrons. The highest BCUT2D eigenvalue weighted by Crippen LogP contribution is 2.21. The van der Waals surface area contributed by atoms with E-state index in [-0.39, 0.29) is 5.78 Å². The van der Waals surface area contributed by atoms with Gasteiger partial charge in [-0.2, -0.15) is 0 Å². The van der Waals surface area contributed by atoms with Gasteiger partial charge in [-0.25, -0.2) is 4.79 Å². The monoisotopic (exact) mass is 239 g/mol. The Labute approximate surface area is 105 Å². The molecule has 3 heteroatoms. The van der Waals surface area contributed by atoms with E-state index in [9.17, 15) is 9.59 Å². The standard InChI is InChI=1S/C15H11O3/c16-11-18-15(13-9-5-2-6-10-13)14(17)12-7-3-1-4-8-12/h1-10,15H. The van der Waals surface area contributed by atoms with E-state index in [4.69, 9.17) is 4.74 Å². The van der Waals surface area contributed by atoms with E-state index in [0.29, 0.717) is 11.1 Å². The first-order valence-corrected chi connectivity index (χ1v) is 5.50. The topological polar surface area (TPSA) is 43.4 Å². The van der Waals surface area contributed by atoms with Gasteiger partial charge < -0.3 is 4.74 Å². The first kappa shape index (κ1) is 12.0. The minimum atomic E-state index is -0.939. The van der Waals surface area contributed by atoms with Crippen molar-refractivity contribution >= 4 is 12.3 Å². The Morgan fingerprint density at radius 2 is 1.50 bits per heavy atom. The van der Waals surface area contributed by atoms with Crippen LogP contribution >= 0.6 is 0 Å². The summed E-state index contributed by atoms with van der Waals surface area (Å²) in [6.45, 7) is 1.35. The molecule has 1 atom stereocenters. The molecule has 0 spiro atoms. The summed E-state index contributed by atoms with van der Waals surface area (Å²) in [5, 5.41) is 0. The van der Waals surface area contributed by atoms with Gasteiger partial charge in [0.25, 0.3) is 0 Å². The molecule has 18 heavy (non-hydrogen) atoms. The first-order chi connectivity index (χ1) is 8.83. The number of hydrogen-bond acceptors (Lipinski definition) is 3. The molecule has 0 aromatic heterocycles. The van der Waals surface area contributed by atoms with Crippen molar-refractivity contribution in [1.29, 1.82) is 0 Å². The van der Waals surface area contributed by atoms with Crippen LogP contribution in [0.1, 0.15) is 22.0 Å². The van der Waals surface area contributed by atoms with Crippen LogP contribution in [0.2, 0.25) is 0 Å². The third-order valence-corrected chi connectivity index (χ3v) is 2.56. The zero-order chi connectivity index (χ0) is 12.8. The lowest BCUT2D eigenvalue weighted by Gasteiger charge is -2.13. The smallest absolute Gasteiger partial charge is 0.418 e. The third kappa shape index (κ3) is 2.63. The van der Waals surface area contributed by atoms with Crippen LogP contribution in [0.3, 0.4) is 0 Å². The largest absolute Gasteiger partial charge is 0.441 e. The number of carbonyl (C=O) groups is 1.